The zero-order valence-corrected chi connectivity index (χ0v) is 10.1. The van der Waals surface area contributed by atoms with Gasteiger partial charge in [0, 0.05) is 6.54 Å². The summed E-state index contributed by atoms with van der Waals surface area (Å²) in [5, 5.41) is 2.35. The molecule has 0 saturated heterocycles. The van der Waals surface area contributed by atoms with Gasteiger partial charge >= 0.3 is 0 Å². The third kappa shape index (κ3) is 3.73. The van der Waals surface area contributed by atoms with E-state index < -0.39 is 28.9 Å². The fourth-order valence-corrected chi connectivity index (χ4v) is 1.26. The number of hydrogen-bond donors (Lipinski definition) is 1. The highest BCUT2D eigenvalue weighted by molar-refractivity contribution is 5.94. The van der Waals surface area contributed by atoms with E-state index in [9.17, 15) is 18.0 Å². The molecule has 100 valence electrons. The van der Waals surface area contributed by atoms with Gasteiger partial charge in [-0.25, -0.2) is 13.2 Å². The van der Waals surface area contributed by atoms with Crippen molar-refractivity contribution in [3.8, 4) is 0 Å². The van der Waals surface area contributed by atoms with E-state index in [2.05, 4.69) is 5.32 Å². The zero-order valence-electron chi connectivity index (χ0n) is 10.1. The van der Waals surface area contributed by atoms with Crippen molar-refractivity contribution in [2.24, 2.45) is 0 Å². The minimum atomic E-state index is -1.65. The van der Waals surface area contributed by atoms with Crippen molar-refractivity contribution in [3.63, 3.8) is 0 Å². The van der Waals surface area contributed by atoms with E-state index in [1.54, 1.807) is 0 Å². The minimum Gasteiger partial charge on any atom is -0.377 e. The molecule has 0 fully saturated rings. The van der Waals surface area contributed by atoms with Crippen LogP contribution in [-0.4, -0.2) is 25.2 Å². The van der Waals surface area contributed by atoms with E-state index in [0.717, 1.165) is 6.07 Å². The second-order valence-corrected chi connectivity index (χ2v) is 3.90. The fraction of sp³-hybridized carbons (Fsp3) is 0.417. The van der Waals surface area contributed by atoms with E-state index >= 15 is 0 Å². The van der Waals surface area contributed by atoms with Crippen LogP contribution in [0.5, 0.6) is 0 Å². The molecule has 1 aromatic carbocycles. The van der Waals surface area contributed by atoms with Gasteiger partial charge in [-0.1, -0.05) is 0 Å². The maximum absolute atomic E-state index is 13.2. The van der Waals surface area contributed by atoms with Gasteiger partial charge in [-0.2, -0.15) is 0 Å². The number of nitrogens with one attached hydrogen (secondary N) is 1. The van der Waals surface area contributed by atoms with Gasteiger partial charge in [0.1, 0.15) is 0 Å². The average Bonchev–Trinajstić information content (AvgIpc) is 2.31. The van der Waals surface area contributed by atoms with Crippen molar-refractivity contribution in [2.75, 3.05) is 13.2 Å². The molecule has 3 nitrogen and oxygen atoms in total. The highest BCUT2D eigenvalue weighted by atomic mass is 19.2. The Morgan fingerprint density at radius 3 is 2.56 bits per heavy atom. The molecule has 1 aromatic rings. The van der Waals surface area contributed by atoms with Crippen LogP contribution >= 0.6 is 0 Å². The van der Waals surface area contributed by atoms with Gasteiger partial charge in [0.05, 0.1) is 18.3 Å². The maximum atomic E-state index is 13.2. The quantitative estimate of drug-likeness (QED) is 0.652. The molecule has 0 aliphatic heterocycles. The Morgan fingerprint density at radius 2 is 1.94 bits per heavy atom. The van der Waals surface area contributed by atoms with Crippen LogP contribution in [0.2, 0.25) is 0 Å². The third-order valence-electron chi connectivity index (χ3n) is 2.12. The topological polar surface area (TPSA) is 38.3 Å². The first-order valence-corrected chi connectivity index (χ1v) is 5.46. The van der Waals surface area contributed by atoms with E-state index in [1.165, 1.54) is 0 Å². The number of halogens is 3. The lowest BCUT2D eigenvalue weighted by Crippen LogP contribution is -2.29. The minimum absolute atomic E-state index is 0.0157. The number of rotatable bonds is 5. The predicted octanol–water partition coefficient (Wildman–Crippen LogP) is 2.26. The van der Waals surface area contributed by atoms with Crippen LogP contribution in [0.25, 0.3) is 0 Å². The summed E-state index contributed by atoms with van der Waals surface area (Å²) in [5.41, 5.74) is -0.529. The van der Waals surface area contributed by atoms with Gasteiger partial charge in [-0.15, -0.1) is 0 Å². The Kier molecular flexibility index (Phi) is 5.15. The van der Waals surface area contributed by atoms with Crippen LogP contribution < -0.4 is 5.32 Å². The summed E-state index contributed by atoms with van der Waals surface area (Å²) in [6.07, 6.45) is 0.0157. The molecule has 0 aliphatic carbocycles. The summed E-state index contributed by atoms with van der Waals surface area (Å²) >= 11 is 0. The van der Waals surface area contributed by atoms with Crippen LogP contribution in [0.15, 0.2) is 12.1 Å². The van der Waals surface area contributed by atoms with Crippen LogP contribution in [0.1, 0.15) is 24.2 Å². The summed E-state index contributed by atoms with van der Waals surface area (Å²) in [6.45, 7) is 4.08. The number of amides is 1. The lowest BCUT2D eigenvalue weighted by Gasteiger charge is -2.09. The van der Waals surface area contributed by atoms with E-state index in [-0.39, 0.29) is 19.3 Å². The first kappa shape index (κ1) is 14.5. The number of hydrogen-bond acceptors (Lipinski definition) is 2. The van der Waals surface area contributed by atoms with E-state index in [4.69, 9.17) is 4.74 Å². The molecule has 1 N–H and O–H groups in total. The summed E-state index contributed by atoms with van der Waals surface area (Å²) in [6, 6.07) is 1.60. The molecule has 0 atom stereocenters. The smallest absolute Gasteiger partial charge is 0.254 e. The van der Waals surface area contributed by atoms with Gasteiger partial charge in [-0.05, 0) is 26.0 Å². The van der Waals surface area contributed by atoms with Crippen molar-refractivity contribution in [1.82, 2.24) is 5.32 Å². The van der Waals surface area contributed by atoms with Crippen molar-refractivity contribution in [3.05, 3.63) is 35.1 Å². The summed E-state index contributed by atoms with van der Waals surface area (Å²) in [4.78, 5) is 11.5. The Balaban J connectivity index is 2.60. The fourth-order valence-electron chi connectivity index (χ4n) is 1.26. The van der Waals surface area contributed by atoms with Gasteiger partial charge in [0.2, 0.25) is 0 Å². The van der Waals surface area contributed by atoms with Gasteiger partial charge in [-0.3, -0.25) is 4.79 Å². The highest BCUT2D eigenvalue weighted by Crippen LogP contribution is 2.14. The molecule has 0 heterocycles. The second-order valence-electron chi connectivity index (χ2n) is 3.90. The first-order valence-electron chi connectivity index (χ1n) is 5.46. The number of carbonyl (C=O) groups excluding carboxylic acids is 1. The highest BCUT2D eigenvalue weighted by Gasteiger charge is 2.18. The number of ether oxygens (including phenoxy) is 1. The Morgan fingerprint density at radius 1 is 1.28 bits per heavy atom. The van der Waals surface area contributed by atoms with Crippen LogP contribution in [0, 0.1) is 17.5 Å². The van der Waals surface area contributed by atoms with Crippen molar-refractivity contribution < 1.29 is 22.7 Å². The lowest BCUT2D eigenvalue weighted by atomic mass is 10.2. The largest absolute Gasteiger partial charge is 0.377 e. The lowest BCUT2D eigenvalue weighted by molar-refractivity contribution is 0.0744. The molecule has 0 aliphatic rings. The molecule has 0 saturated carbocycles. The second kappa shape index (κ2) is 6.39. The van der Waals surface area contributed by atoms with Crippen molar-refractivity contribution >= 4 is 5.91 Å². The molecule has 0 spiro atoms. The monoisotopic (exact) mass is 261 g/mol. The average molecular weight is 261 g/mol. The SMILES string of the molecule is CC(C)OCCNC(=O)c1ccc(F)c(F)c1F. The molecule has 0 radical (unpaired) electrons. The van der Waals surface area contributed by atoms with E-state index in [0.29, 0.717) is 6.07 Å². The standard InChI is InChI=1S/C12H14F3NO2/c1-7(2)18-6-5-16-12(17)8-3-4-9(13)11(15)10(8)14/h3-4,7H,5-6H2,1-2H3,(H,16,17). The van der Waals surface area contributed by atoms with Gasteiger partial charge in [0.25, 0.3) is 5.91 Å². The summed E-state index contributed by atoms with van der Waals surface area (Å²) < 4.78 is 43.9. The van der Waals surface area contributed by atoms with Crippen LogP contribution in [0.3, 0.4) is 0 Å². The molecule has 1 rings (SSSR count). The molecule has 0 aromatic heterocycles. The van der Waals surface area contributed by atoms with Gasteiger partial charge in [0.15, 0.2) is 17.5 Å². The number of carbonyl (C=O) groups is 1. The summed E-state index contributed by atoms with van der Waals surface area (Å²) in [7, 11) is 0. The molecule has 0 unspecified atom stereocenters. The Bertz CT molecular complexity index is 436. The number of benzene rings is 1. The molecule has 18 heavy (non-hydrogen) atoms. The van der Waals surface area contributed by atoms with Crippen LogP contribution in [-0.2, 0) is 4.74 Å². The molecular formula is C12H14F3NO2. The van der Waals surface area contributed by atoms with E-state index in [1.807, 2.05) is 13.8 Å². The molecular weight excluding hydrogens is 247 g/mol. The molecule has 6 heteroatoms. The zero-order chi connectivity index (χ0) is 13.7. The normalized spacial score (nSPS) is 10.8. The predicted molar refractivity (Wildman–Crippen MR) is 59.7 cm³/mol. The van der Waals surface area contributed by atoms with Crippen molar-refractivity contribution in [2.45, 2.75) is 20.0 Å². The van der Waals surface area contributed by atoms with Crippen molar-refractivity contribution in [1.29, 1.82) is 0 Å². The van der Waals surface area contributed by atoms with Gasteiger partial charge < -0.3 is 10.1 Å². The summed E-state index contributed by atoms with van der Waals surface area (Å²) in [5.74, 6) is -5.27. The third-order valence-corrected chi connectivity index (χ3v) is 2.12. The molecule has 1 amide bonds. The molecule has 0 bridgehead atoms. The Labute approximate surface area is 103 Å². The Hall–Kier alpha value is -1.56. The van der Waals surface area contributed by atoms with Crippen LogP contribution in [0.4, 0.5) is 13.2 Å². The maximum Gasteiger partial charge on any atom is 0.254 e. The first-order chi connectivity index (χ1) is 8.43.